The van der Waals surface area contributed by atoms with E-state index in [9.17, 15) is 0 Å². The van der Waals surface area contributed by atoms with Gasteiger partial charge in [-0.3, -0.25) is 0 Å². The maximum absolute atomic E-state index is 2.64. The molecule has 0 heterocycles. The summed E-state index contributed by atoms with van der Waals surface area (Å²) in [4.78, 5) is 0. The SMILES string of the molecule is CC(C)(C)C1[CH-]C(C(C)(C)C)CCC1.[Li+]. The molecule has 1 aliphatic carbocycles. The molecule has 0 nitrogen and oxygen atoms in total. The summed E-state index contributed by atoms with van der Waals surface area (Å²) in [6.07, 6.45) is 6.86. The predicted molar refractivity (Wildman–Crippen MR) is 64.0 cm³/mol. The molecule has 0 saturated heterocycles. The fourth-order valence-electron chi connectivity index (χ4n) is 2.47. The average molecular weight is 202 g/mol. The first-order chi connectivity index (χ1) is 6.21. The zero-order valence-electron chi connectivity index (χ0n) is 11.9. The van der Waals surface area contributed by atoms with Crippen LogP contribution in [0.2, 0.25) is 0 Å². The quantitative estimate of drug-likeness (QED) is 0.414. The van der Waals surface area contributed by atoms with Crippen LogP contribution in [-0.2, 0) is 0 Å². The molecule has 0 aromatic heterocycles. The molecule has 0 spiro atoms. The van der Waals surface area contributed by atoms with Gasteiger partial charge in [-0.15, -0.1) is 0 Å². The molecule has 0 aliphatic heterocycles. The van der Waals surface area contributed by atoms with Crippen LogP contribution in [0.15, 0.2) is 0 Å². The van der Waals surface area contributed by atoms with Gasteiger partial charge in [-0.05, 0) is 0 Å². The third-order valence-corrected chi connectivity index (χ3v) is 3.72. The van der Waals surface area contributed by atoms with Crippen LogP contribution in [-0.4, -0.2) is 0 Å². The van der Waals surface area contributed by atoms with E-state index >= 15 is 0 Å². The summed E-state index contributed by atoms with van der Waals surface area (Å²) < 4.78 is 0. The summed E-state index contributed by atoms with van der Waals surface area (Å²) in [5, 5.41) is 0. The number of hydrogen-bond acceptors (Lipinski definition) is 0. The Morgan fingerprint density at radius 3 is 1.40 bits per heavy atom. The largest absolute Gasteiger partial charge is 1.00 e. The summed E-state index contributed by atoms with van der Waals surface area (Å²) >= 11 is 0. The van der Waals surface area contributed by atoms with E-state index in [1.54, 1.807) is 0 Å². The van der Waals surface area contributed by atoms with Crippen LogP contribution in [0.25, 0.3) is 0 Å². The van der Waals surface area contributed by atoms with Gasteiger partial charge in [0.25, 0.3) is 0 Å². The molecular formula is C14H27Li. The Bertz CT molecular complexity index is 162. The first-order valence-corrected chi connectivity index (χ1v) is 6.06. The topological polar surface area (TPSA) is 0 Å². The third-order valence-electron chi connectivity index (χ3n) is 3.72. The minimum absolute atomic E-state index is 0. The van der Waals surface area contributed by atoms with Crippen molar-refractivity contribution in [3.63, 3.8) is 0 Å². The van der Waals surface area contributed by atoms with Crippen LogP contribution in [0.5, 0.6) is 0 Å². The second-order valence-corrected chi connectivity index (χ2v) is 7.07. The van der Waals surface area contributed by atoms with E-state index in [0.717, 1.165) is 11.8 Å². The molecular weight excluding hydrogens is 175 g/mol. The molecule has 1 rings (SSSR count). The van der Waals surface area contributed by atoms with E-state index in [-0.39, 0.29) is 18.9 Å². The van der Waals surface area contributed by atoms with Crippen LogP contribution in [0.3, 0.4) is 0 Å². The van der Waals surface area contributed by atoms with Crippen LogP contribution in [0.4, 0.5) is 0 Å². The minimum atomic E-state index is 0. The van der Waals surface area contributed by atoms with Crippen molar-refractivity contribution in [2.75, 3.05) is 0 Å². The Balaban J connectivity index is 0.00000196. The average Bonchev–Trinajstić information content (AvgIpc) is 2.01. The van der Waals surface area contributed by atoms with Crippen LogP contribution in [0.1, 0.15) is 60.8 Å². The standard InChI is InChI=1S/C14H27.Li/c1-13(2,3)11-8-7-9-12(10-11)14(4,5)6;/h10-12H,7-9H2,1-6H3;/q-1;+1. The van der Waals surface area contributed by atoms with Gasteiger partial charge < -0.3 is 6.42 Å². The maximum Gasteiger partial charge on any atom is 1.00 e. The van der Waals surface area contributed by atoms with Gasteiger partial charge in [0.15, 0.2) is 0 Å². The Morgan fingerprint density at radius 2 is 1.13 bits per heavy atom. The smallest absolute Gasteiger partial charge is 0.321 e. The van der Waals surface area contributed by atoms with Gasteiger partial charge in [0.05, 0.1) is 0 Å². The molecule has 0 aromatic rings. The van der Waals surface area contributed by atoms with E-state index < -0.39 is 0 Å². The molecule has 1 fully saturated rings. The normalized spacial score (nSPS) is 28.4. The predicted octanol–water partition coefficient (Wildman–Crippen LogP) is 1.70. The molecule has 0 aromatic carbocycles. The van der Waals surface area contributed by atoms with Crippen molar-refractivity contribution >= 4 is 0 Å². The Kier molecular flexibility index (Phi) is 5.50. The van der Waals surface area contributed by atoms with Crippen LogP contribution < -0.4 is 18.9 Å². The second-order valence-electron chi connectivity index (χ2n) is 7.07. The Morgan fingerprint density at radius 1 is 0.800 bits per heavy atom. The van der Waals surface area contributed by atoms with Gasteiger partial charge in [-0.25, -0.2) is 0 Å². The number of rotatable bonds is 0. The van der Waals surface area contributed by atoms with Gasteiger partial charge in [0.1, 0.15) is 0 Å². The minimum Gasteiger partial charge on any atom is -0.321 e. The van der Waals surface area contributed by atoms with Crippen LogP contribution in [0, 0.1) is 29.1 Å². The molecule has 0 bridgehead atoms. The first kappa shape index (κ1) is 15.6. The van der Waals surface area contributed by atoms with Crippen molar-refractivity contribution in [3.8, 4) is 0 Å². The zero-order chi connectivity index (χ0) is 11.0. The van der Waals surface area contributed by atoms with Crippen molar-refractivity contribution in [1.29, 1.82) is 0 Å². The van der Waals surface area contributed by atoms with Crippen molar-refractivity contribution in [3.05, 3.63) is 6.42 Å². The van der Waals surface area contributed by atoms with Gasteiger partial charge in [-0.2, -0.15) is 11.8 Å². The van der Waals surface area contributed by atoms with Crippen molar-refractivity contribution < 1.29 is 18.9 Å². The summed E-state index contributed by atoms with van der Waals surface area (Å²) in [7, 11) is 0. The summed E-state index contributed by atoms with van der Waals surface area (Å²) in [5.74, 6) is 1.64. The molecule has 1 heteroatoms. The van der Waals surface area contributed by atoms with Gasteiger partial charge >= 0.3 is 18.9 Å². The monoisotopic (exact) mass is 202 g/mol. The zero-order valence-corrected chi connectivity index (χ0v) is 11.9. The molecule has 2 unspecified atom stereocenters. The Hall–Kier alpha value is 0.597. The Labute approximate surface area is 109 Å². The molecule has 0 amide bonds. The van der Waals surface area contributed by atoms with Gasteiger partial charge in [0.2, 0.25) is 0 Å². The van der Waals surface area contributed by atoms with E-state index in [1.807, 2.05) is 0 Å². The fourth-order valence-corrected chi connectivity index (χ4v) is 2.47. The van der Waals surface area contributed by atoms with Crippen molar-refractivity contribution in [2.45, 2.75) is 60.8 Å². The summed E-state index contributed by atoms with van der Waals surface area (Å²) in [5.41, 5.74) is 0.924. The second kappa shape index (κ2) is 5.29. The van der Waals surface area contributed by atoms with Crippen molar-refractivity contribution in [1.82, 2.24) is 0 Å². The van der Waals surface area contributed by atoms with E-state index in [0.29, 0.717) is 10.8 Å². The van der Waals surface area contributed by atoms with E-state index in [4.69, 9.17) is 0 Å². The molecule has 2 atom stereocenters. The molecule has 1 saturated carbocycles. The summed E-state index contributed by atoms with van der Waals surface area (Å²) in [6, 6.07) is 0. The van der Waals surface area contributed by atoms with Gasteiger partial charge in [0, 0.05) is 0 Å². The van der Waals surface area contributed by atoms with Crippen LogP contribution >= 0.6 is 0 Å². The van der Waals surface area contributed by atoms with Gasteiger partial charge in [-0.1, -0.05) is 71.6 Å². The maximum atomic E-state index is 2.64. The third kappa shape index (κ3) is 4.54. The fraction of sp³-hybridized carbons (Fsp3) is 0.929. The van der Waals surface area contributed by atoms with E-state index in [2.05, 4.69) is 48.0 Å². The molecule has 0 radical (unpaired) electrons. The number of hydrogen-bond donors (Lipinski definition) is 0. The summed E-state index contributed by atoms with van der Waals surface area (Å²) in [6.45, 7) is 14.2. The first-order valence-electron chi connectivity index (χ1n) is 6.06. The van der Waals surface area contributed by atoms with E-state index in [1.165, 1.54) is 19.3 Å². The van der Waals surface area contributed by atoms with Crippen molar-refractivity contribution in [2.24, 2.45) is 22.7 Å². The molecule has 84 valence electrons. The molecule has 1 aliphatic rings. The molecule has 0 N–H and O–H groups in total. The molecule has 15 heavy (non-hydrogen) atoms.